The lowest BCUT2D eigenvalue weighted by atomic mass is 10.0. The summed E-state index contributed by atoms with van der Waals surface area (Å²) in [6, 6.07) is -0.384. The fraction of sp³-hybridized carbons (Fsp3) is 0.833. The van der Waals surface area contributed by atoms with Crippen molar-refractivity contribution in [3.63, 3.8) is 0 Å². The van der Waals surface area contributed by atoms with Crippen LogP contribution in [0.4, 0.5) is 4.79 Å². The minimum absolute atomic E-state index is 0.0266. The van der Waals surface area contributed by atoms with E-state index in [1.54, 1.807) is 0 Å². The molecule has 1 aliphatic rings. The van der Waals surface area contributed by atoms with Gasteiger partial charge in [0, 0.05) is 25.7 Å². The van der Waals surface area contributed by atoms with E-state index in [2.05, 4.69) is 15.4 Å². The molecule has 0 bridgehead atoms. The molecule has 2 atom stereocenters. The summed E-state index contributed by atoms with van der Waals surface area (Å²) in [5, 5.41) is 5.84. The summed E-state index contributed by atoms with van der Waals surface area (Å²) in [6.45, 7) is 8.07. The van der Waals surface area contributed by atoms with Crippen molar-refractivity contribution in [2.24, 2.45) is 5.92 Å². The van der Waals surface area contributed by atoms with Gasteiger partial charge in [-0.2, -0.15) is 0 Å². The number of methoxy groups -OCH3 is 1. The van der Waals surface area contributed by atoms with Crippen LogP contribution in [0.2, 0.25) is 0 Å². The fourth-order valence-corrected chi connectivity index (χ4v) is 2.05. The van der Waals surface area contributed by atoms with Crippen molar-refractivity contribution in [1.82, 2.24) is 15.5 Å². The number of carbonyl (C=O) groups is 2. The van der Waals surface area contributed by atoms with E-state index in [1.807, 2.05) is 25.7 Å². The monoisotopic (exact) mass is 257 g/mol. The first-order valence-corrected chi connectivity index (χ1v) is 6.33. The molecule has 104 valence electrons. The zero-order valence-corrected chi connectivity index (χ0v) is 11.5. The first kappa shape index (κ1) is 14.8. The van der Waals surface area contributed by atoms with Crippen molar-refractivity contribution in [2.75, 3.05) is 26.7 Å². The van der Waals surface area contributed by atoms with Gasteiger partial charge in [0.1, 0.15) is 6.04 Å². The fourth-order valence-electron chi connectivity index (χ4n) is 2.05. The van der Waals surface area contributed by atoms with Gasteiger partial charge in [-0.1, -0.05) is 13.8 Å². The molecule has 1 aliphatic heterocycles. The summed E-state index contributed by atoms with van der Waals surface area (Å²) < 4.78 is 4.56. The van der Waals surface area contributed by atoms with Crippen molar-refractivity contribution in [3.8, 4) is 0 Å². The molecular weight excluding hydrogens is 234 g/mol. The molecule has 0 unspecified atom stereocenters. The third kappa shape index (κ3) is 3.60. The molecule has 0 aromatic rings. The summed E-state index contributed by atoms with van der Waals surface area (Å²) in [4.78, 5) is 25.5. The molecule has 18 heavy (non-hydrogen) atoms. The van der Waals surface area contributed by atoms with Crippen LogP contribution in [0.1, 0.15) is 20.8 Å². The Morgan fingerprint density at radius 2 is 2.11 bits per heavy atom. The first-order chi connectivity index (χ1) is 8.47. The lowest BCUT2D eigenvalue weighted by molar-refractivity contribution is -0.137. The number of piperazine rings is 1. The average molecular weight is 257 g/mol. The first-order valence-electron chi connectivity index (χ1n) is 6.33. The molecule has 0 aromatic carbocycles. The largest absolute Gasteiger partial charge is 0.453 e. The molecule has 6 nitrogen and oxygen atoms in total. The highest BCUT2D eigenvalue weighted by molar-refractivity contribution is 5.86. The zero-order valence-electron chi connectivity index (χ0n) is 11.5. The number of nitrogens with zero attached hydrogens (tertiary/aromatic N) is 1. The van der Waals surface area contributed by atoms with Gasteiger partial charge in [-0.3, -0.25) is 4.79 Å². The Morgan fingerprint density at radius 3 is 2.61 bits per heavy atom. The van der Waals surface area contributed by atoms with Gasteiger partial charge in [0.05, 0.1) is 7.11 Å². The second kappa shape index (κ2) is 6.58. The van der Waals surface area contributed by atoms with Crippen molar-refractivity contribution in [1.29, 1.82) is 0 Å². The van der Waals surface area contributed by atoms with Gasteiger partial charge in [-0.05, 0) is 12.8 Å². The van der Waals surface area contributed by atoms with Gasteiger partial charge in [-0.25, -0.2) is 4.79 Å². The van der Waals surface area contributed by atoms with Gasteiger partial charge in [-0.15, -0.1) is 0 Å². The maximum Gasteiger partial charge on any atom is 0.407 e. The Morgan fingerprint density at radius 1 is 1.44 bits per heavy atom. The number of hydrogen-bond donors (Lipinski definition) is 2. The Kier molecular flexibility index (Phi) is 5.40. The van der Waals surface area contributed by atoms with Crippen LogP contribution in [-0.2, 0) is 9.53 Å². The van der Waals surface area contributed by atoms with Gasteiger partial charge in [0.25, 0.3) is 0 Å². The number of ether oxygens (including phenoxy) is 1. The molecule has 1 fully saturated rings. The standard InChI is InChI=1S/C12H23N3O3/c1-8(2)10(14-12(17)18-4)11(16)15-6-5-13-7-9(15)3/h8-10,13H,5-7H2,1-4H3,(H,14,17)/t9-,10-/m0/s1. The minimum Gasteiger partial charge on any atom is -0.453 e. The number of nitrogens with one attached hydrogen (secondary N) is 2. The van der Waals surface area contributed by atoms with Crippen molar-refractivity contribution in [3.05, 3.63) is 0 Å². The molecule has 2 amide bonds. The van der Waals surface area contributed by atoms with E-state index in [0.29, 0.717) is 6.54 Å². The molecule has 0 radical (unpaired) electrons. The molecule has 0 aliphatic carbocycles. The van der Waals surface area contributed by atoms with Crippen LogP contribution >= 0.6 is 0 Å². The summed E-state index contributed by atoms with van der Waals surface area (Å²) in [7, 11) is 1.30. The van der Waals surface area contributed by atoms with Crippen molar-refractivity contribution >= 4 is 12.0 Å². The Bertz CT molecular complexity index is 307. The van der Waals surface area contributed by atoms with Gasteiger partial charge in [0.2, 0.25) is 5.91 Å². The second-order valence-electron chi connectivity index (χ2n) is 4.94. The lowest BCUT2D eigenvalue weighted by Crippen LogP contribution is -2.59. The van der Waals surface area contributed by atoms with E-state index in [4.69, 9.17) is 0 Å². The SMILES string of the molecule is COC(=O)N[C@H](C(=O)N1CCNC[C@@H]1C)C(C)C. The molecule has 1 rings (SSSR count). The number of carbonyl (C=O) groups excluding carboxylic acids is 2. The Hall–Kier alpha value is -1.30. The molecule has 0 saturated carbocycles. The zero-order chi connectivity index (χ0) is 13.7. The third-order valence-electron chi connectivity index (χ3n) is 3.18. The average Bonchev–Trinajstić information content (AvgIpc) is 2.35. The smallest absolute Gasteiger partial charge is 0.407 e. The van der Waals surface area contributed by atoms with E-state index in [9.17, 15) is 9.59 Å². The highest BCUT2D eigenvalue weighted by Gasteiger charge is 2.32. The maximum absolute atomic E-state index is 12.4. The molecule has 0 aromatic heterocycles. The van der Waals surface area contributed by atoms with E-state index < -0.39 is 12.1 Å². The van der Waals surface area contributed by atoms with Crippen LogP contribution in [-0.4, -0.2) is 55.7 Å². The topological polar surface area (TPSA) is 70.7 Å². The lowest BCUT2D eigenvalue weighted by Gasteiger charge is -2.37. The Labute approximate surface area is 108 Å². The quantitative estimate of drug-likeness (QED) is 0.757. The molecule has 2 N–H and O–H groups in total. The molecule has 1 saturated heterocycles. The predicted molar refractivity (Wildman–Crippen MR) is 68.2 cm³/mol. The van der Waals surface area contributed by atoms with Crippen LogP contribution < -0.4 is 10.6 Å². The minimum atomic E-state index is -0.565. The van der Waals surface area contributed by atoms with E-state index >= 15 is 0 Å². The molecule has 1 heterocycles. The second-order valence-corrected chi connectivity index (χ2v) is 4.94. The summed E-state index contributed by atoms with van der Waals surface area (Å²) in [6.07, 6.45) is -0.565. The van der Waals surface area contributed by atoms with E-state index in [-0.39, 0.29) is 17.9 Å². The van der Waals surface area contributed by atoms with Crippen LogP contribution in [0.5, 0.6) is 0 Å². The highest BCUT2D eigenvalue weighted by atomic mass is 16.5. The number of amides is 2. The number of hydrogen-bond acceptors (Lipinski definition) is 4. The summed E-state index contributed by atoms with van der Waals surface area (Å²) in [5.41, 5.74) is 0. The number of rotatable bonds is 3. The molecular formula is C12H23N3O3. The highest BCUT2D eigenvalue weighted by Crippen LogP contribution is 2.11. The van der Waals surface area contributed by atoms with Crippen molar-refractivity contribution < 1.29 is 14.3 Å². The predicted octanol–water partition coefficient (Wildman–Crippen LogP) is 0.187. The van der Waals surface area contributed by atoms with E-state index in [1.165, 1.54) is 7.11 Å². The summed E-state index contributed by atoms with van der Waals surface area (Å²) >= 11 is 0. The maximum atomic E-state index is 12.4. The van der Waals surface area contributed by atoms with Crippen molar-refractivity contribution in [2.45, 2.75) is 32.9 Å². The van der Waals surface area contributed by atoms with Crippen LogP contribution in [0.15, 0.2) is 0 Å². The molecule has 0 spiro atoms. The normalized spacial score (nSPS) is 21.6. The van der Waals surface area contributed by atoms with Gasteiger partial charge >= 0.3 is 6.09 Å². The Balaban J connectivity index is 2.72. The van der Waals surface area contributed by atoms with E-state index in [0.717, 1.165) is 13.1 Å². The molecule has 6 heteroatoms. The van der Waals surface area contributed by atoms with Crippen LogP contribution in [0.25, 0.3) is 0 Å². The third-order valence-corrected chi connectivity index (χ3v) is 3.18. The van der Waals surface area contributed by atoms with Gasteiger partial charge < -0.3 is 20.3 Å². The van der Waals surface area contributed by atoms with Gasteiger partial charge in [0.15, 0.2) is 0 Å². The number of alkyl carbamates (subject to hydrolysis) is 1. The summed E-state index contributed by atoms with van der Waals surface area (Å²) in [5.74, 6) is -0.0110. The van der Waals surface area contributed by atoms with Crippen LogP contribution in [0.3, 0.4) is 0 Å². The van der Waals surface area contributed by atoms with Crippen LogP contribution in [0, 0.1) is 5.92 Å².